The number of hydrogen-bond acceptors (Lipinski definition) is 4. The molecule has 1 unspecified atom stereocenters. The molecule has 4 heteroatoms. The molecule has 4 nitrogen and oxygen atoms in total. The molecule has 1 atom stereocenters. The van der Waals surface area contributed by atoms with E-state index in [4.69, 9.17) is 4.74 Å². The Morgan fingerprint density at radius 2 is 2.22 bits per heavy atom. The fourth-order valence-corrected chi connectivity index (χ4v) is 1.98. The fraction of sp³-hybridized carbons (Fsp3) is 0.571. The highest BCUT2D eigenvalue weighted by molar-refractivity contribution is 5.45. The zero-order chi connectivity index (χ0) is 13.0. The van der Waals surface area contributed by atoms with Crippen LogP contribution in [0.25, 0.3) is 0 Å². The van der Waals surface area contributed by atoms with Crippen LogP contribution in [0.15, 0.2) is 18.2 Å². The van der Waals surface area contributed by atoms with Crippen molar-refractivity contribution in [2.24, 2.45) is 5.92 Å². The molecule has 0 spiro atoms. The predicted molar refractivity (Wildman–Crippen MR) is 69.7 cm³/mol. The summed E-state index contributed by atoms with van der Waals surface area (Å²) in [6.45, 7) is 3.53. The quantitative estimate of drug-likeness (QED) is 0.689. The maximum absolute atomic E-state index is 9.98. The van der Waals surface area contributed by atoms with E-state index in [1.165, 1.54) is 0 Å². The molecule has 1 saturated carbocycles. The van der Waals surface area contributed by atoms with Gasteiger partial charge in [-0.3, -0.25) is 0 Å². The lowest BCUT2D eigenvalue weighted by Crippen LogP contribution is -2.27. The van der Waals surface area contributed by atoms with Gasteiger partial charge in [0, 0.05) is 18.7 Å². The Labute approximate surface area is 108 Å². The lowest BCUT2D eigenvalue weighted by Gasteiger charge is -2.13. The largest absolute Gasteiger partial charge is 0.504 e. The molecule has 1 aliphatic rings. The summed E-state index contributed by atoms with van der Waals surface area (Å²) >= 11 is 0. The van der Waals surface area contributed by atoms with Crippen LogP contribution >= 0.6 is 0 Å². The molecule has 1 aromatic carbocycles. The van der Waals surface area contributed by atoms with Gasteiger partial charge in [-0.1, -0.05) is 12.1 Å². The van der Waals surface area contributed by atoms with Gasteiger partial charge in [-0.15, -0.1) is 0 Å². The highest BCUT2D eigenvalue weighted by Crippen LogP contribution is 2.32. The molecule has 0 heterocycles. The Morgan fingerprint density at radius 1 is 1.44 bits per heavy atom. The molecule has 2 rings (SSSR count). The second-order valence-corrected chi connectivity index (χ2v) is 4.73. The summed E-state index contributed by atoms with van der Waals surface area (Å²) < 4.78 is 5.33. The maximum atomic E-state index is 9.98. The van der Waals surface area contributed by atoms with E-state index in [2.05, 4.69) is 5.32 Å². The fourth-order valence-electron chi connectivity index (χ4n) is 1.98. The van der Waals surface area contributed by atoms with Crippen molar-refractivity contribution in [1.29, 1.82) is 0 Å². The third-order valence-corrected chi connectivity index (χ3v) is 3.22. The minimum atomic E-state index is -0.262. The smallest absolute Gasteiger partial charge is 0.162 e. The van der Waals surface area contributed by atoms with Gasteiger partial charge in [0.2, 0.25) is 0 Å². The Hall–Kier alpha value is -1.26. The molecule has 0 aliphatic heterocycles. The molecule has 100 valence electrons. The van der Waals surface area contributed by atoms with Gasteiger partial charge in [-0.05, 0) is 31.7 Å². The van der Waals surface area contributed by atoms with E-state index in [9.17, 15) is 10.2 Å². The summed E-state index contributed by atoms with van der Waals surface area (Å²) in [6.07, 6.45) is 2.00. The molecule has 0 bridgehead atoms. The van der Waals surface area contributed by atoms with Crippen LogP contribution in [0.2, 0.25) is 0 Å². The molecule has 1 fully saturated rings. The first-order chi connectivity index (χ1) is 8.72. The van der Waals surface area contributed by atoms with Crippen LogP contribution in [0.1, 0.15) is 25.3 Å². The molecular formula is C14H21NO3. The van der Waals surface area contributed by atoms with E-state index in [0.717, 1.165) is 18.4 Å². The van der Waals surface area contributed by atoms with Gasteiger partial charge in [-0.2, -0.15) is 0 Å². The van der Waals surface area contributed by atoms with Gasteiger partial charge in [0.05, 0.1) is 12.7 Å². The molecule has 18 heavy (non-hydrogen) atoms. The van der Waals surface area contributed by atoms with Crippen molar-refractivity contribution in [3.63, 3.8) is 0 Å². The number of aliphatic hydroxyl groups is 1. The molecule has 0 saturated heterocycles. The Kier molecular flexibility index (Phi) is 4.44. The van der Waals surface area contributed by atoms with Crippen LogP contribution in [0, 0.1) is 5.92 Å². The van der Waals surface area contributed by atoms with Gasteiger partial charge in [-0.25, -0.2) is 0 Å². The van der Waals surface area contributed by atoms with Crippen molar-refractivity contribution >= 4 is 0 Å². The van der Waals surface area contributed by atoms with Crippen molar-refractivity contribution in [3.8, 4) is 11.5 Å². The van der Waals surface area contributed by atoms with Crippen molar-refractivity contribution in [1.82, 2.24) is 5.32 Å². The summed E-state index contributed by atoms with van der Waals surface area (Å²) in [5, 5.41) is 22.9. The number of aliphatic hydroxyl groups excluding tert-OH is 1. The second kappa shape index (κ2) is 6.07. The van der Waals surface area contributed by atoms with Crippen LogP contribution < -0.4 is 10.1 Å². The van der Waals surface area contributed by atoms with Crippen molar-refractivity contribution in [3.05, 3.63) is 23.8 Å². The van der Waals surface area contributed by atoms with Crippen molar-refractivity contribution in [2.45, 2.75) is 32.4 Å². The number of nitrogens with one attached hydrogen (secondary N) is 1. The molecule has 1 aliphatic carbocycles. The number of benzene rings is 1. The Balaban J connectivity index is 1.86. The number of ether oxygens (including phenoxy) is 1. The van der Waals surface area contributed by atoms with Crippen LogP contribution in [-0.2, 0) is 6.54 Å². The highest BCUT2D eigenvalue weighted by atomic mass is 16.5. The average molecular weight is 251 g/mol. The zero-order valence-corrected chi connectivity index (χ0v) is 10.7. The first-order valence-corrected chi connectivity index (χ1v) is 6.54. The van der Waals surface area contributed by atoms with Crippen molar-refractivity contribution < 1.29 is 14.9 Å². The van der Waals surface area contributed by atoms with Crippen molar-refractivity contribution in [2.75, 3.05) is 13.2 Å². The number of rotatable bonds is 7. The van der Waals surface area contributed by atoms with Gasteiger partial charge < -0.3 is 20.3 Å². The monoisotopic (exact) mass is 251 g/mol. The van der Waals surface area contributed by atoms with Crippen LogP contribution in [0.4, 0.5) is 0 Å². The number of hydrogen-bond donors (Lipinski definition) is 3. The van der Waals surface area contributed by atoms with Gasteiger partial charge in [0.1, 0.15) is 0 Å². The first-order valence-electron chi connectivity index (χ1n) is 6.54. The Bertz CT molecular complexity index is 391. The topological polar surface area (TPSA) is 61.7 Å². The molecule has 0 amide bonds. The molecule has 3 N–H and O–H groups in total. The summed E-state index contributed by atoms with van der Waals surface area (Å²) in [7, 11) is 0. The van der Waals surface area contributed by atoms with Gasteiger partial charge in [0.15, 0.2) is 11.5 Å². The average Bonchev–Trinajstić information content (AvgIpc) is 3.18. The normalized spacial score (nSPS) is 16.6. The number of aromatic hydroxyl groups is 1. The number of phenolic OH excluding ortho intramolecular Hbond substituents is 1. The lowest BCUT2D eigenvalue weighted by atomic mass is 10.1. The highest BCUT2D eigenvalue weighted by Gasteiger charge is 2.29. The molecule has 0 aromatic heterocycles. The minimum Gasteiger partial charge on any atom is -0.504 e. The Morgan fingerprint density at radius 3 is 2.89 bits per heavy atom. The first kappa shape index (κ1) is 13.2. The van der Waals surface area contributed by atoms with Crippen LogP contribution in [-0.4, -0.2) is 29.5 Å². The summed E-state index contributed by atoms with van der Waals surface area (Å²) in [6, 6.07) is 5.47. The van der Waals surface area contributed by atoms with E-state index in [1.54, 1.807) is 6.07 Å². The number of phenols is 1. The van der Waals surface area contributed by atoms with Gasteiger partial charge in [0.25, 0.3) is 0 Å². The minimum absolute atomic E-state index is 0.188. The van der Waals surface area contributed by atoms with E-state index in [-0.39, 0.29) is 11.9 Å². The molecule has 0 radical (unpaired) electrons. The maximum Gasteiger partial charge on any atom is 0.162 e. The summed E-state index contributed by atoms with van der Waals surface area (Å²) in [5.74, 6) is 1.17. The third kappa shape index (κ3) is 3.37. The second-order valence-electron chi connectivity index (χ2n) is 4.73. The van der Waals surface area contributed by atoms with Gasteiger partial charge >= 0.3 is 0 Å². The summed E-state index contributed by atoms with van der Waals surface area (Å²) in [5.41, 5.74) is 0.795. The lowest BCUT2D eigenvalue weighted by molar-refractivity contribution is 0.148. The predicted octanol–water partition coefficient (Wildman–Crippen LogP) is 1.65. The van der Waals surface area contributed by atoms with Crippen LogP contribution in [0.5, 0.6) is 11.5 Å². The molecule has 1 aromatic rings. The van der Waals surface area contributed by atoms with E-state index < -0.39 is 0 Å². The van der Waals surface area contributed by atoms with E-state index in [1.807, 2.05) is 19.1 Å². The standard InChI is InChI=1S/C14H21NO3/c1-2-18-13-5-3-4-11(14(13)17)8-15-9-12(16)10-6-7-10/h3-5,10,12,15-17H,2,6-9H2,1H3. The third-order valence-electron chi connectivity index (χ3n) is 3.22. The van der Waals surface area contributed by atoms with E-state index >= 15 is 0 Å². The summed E-state index contributed by atoms with van der Waals surface area (Å²) in [4.78, 5) is 0. The zero-order valence-electron chi connectivity index (χ0n) is 10.7. The number of para-hydroxylation sites is 1. The SMILES string of the molecule is CCOc1cccc(CNCC(O)C2CC2)c1O. The van der Waals surface area contributed by atoms with E-state index in [0.29, 0.717) is 31.4 Å². The molecular weight excluding hydrogens is 230 g/mol. The van der Waals surface area contributed by atoms with Crippen LogP contribution in [0.3, 0.4) is 0 Å².